The topological polar surface area (TPSA) is 75.6 Å². The molecule has 1 amide bonds. The number of nitrogens with one attached hydrogen (secondary N) is 1. The first-order chi connectivity index (χ1) is 14.6. The van der Waals surface area contributed by atoms with Gasteiger partial charge in [-0.25, -0.2) is 9.59 Å². The number of carbonyl (C=O) groups is 2. The lowest BCUT2D eigenvalue weighted by molar-refractivity contribution is -0.139. The minimum absolute atomic E-state index is 0.0431. The van der Waals surface area contributed by atoms with Crippen molar-refractivity contribution in [2.45, 2.75) is 24.8 Å². The van der Waals surface area contributed by atoms with Gasteiger partial charge in [0.25, 0.3) is 0 Å². The van der Waals surface area contributed by atoms with Crippen molar-refractivity contribution in [2.24, 2.45) is 0 Å². The summed E-state index contributed by atoms with van der Waals surface area (Å²) in [6.45, 7) is 0.176. The van der Waals surface area contributed by atoms with E-state index in [1.54, 1.807) is 23.5 Å². The van der Waals surface area contributed by atoms with E-state index in [0.717, 1.165) is 40.2 Å². The van der Waals surface area contributed by atoms with Crippen LogP contribution in [-0.2, 0) is 9.53 Å². The molecule has 2 aromatic carbocycles. The van der Waals surface area contributed by atoms with E-state index >= 15 is 0 Å². The number of benzene rings is 2. The Morgan fingerprint density at radius 1 is 1.03 bits per heavy atom. The Morgan fingerprint density at radius 3 is 2.27 bits per heavy atom. The predicted octanol–water partition coefficient (Wildman–Crippen LogP) is 4.85. The minimum atomic E-state index is -1.03. The lowest BCUT2D eigenvalue weighted by Gasteiger charge is -2.17. The summed E-state index contributed by atoms with van der Waals surface area (Å²) >= 11 is 3.52. The van der Waals surface area contributed by atoms with Gasteiger partial charge in [-0.1, -0.05) is 48.5 Å². The predicted molar refractivity (Wildman–Crippen MR) is 125 cm³/mol. The molecule has 2 N–H and O–H groups in total. The fourth-order valence-corrected chi connectivity index (χ4v) is 5.22. The second-order valence-electron chi connectivity index (χ2n) is 7.11. The molecular formula is C23H27NO4S2. The molecule has 0 saturated heterocycles. The van der Waals surface area contributed by atoms with Crippen LogP contribution in [0.25, 0.3) is 11.1 Å². The Bertz CT molecular complexity index is 828. The molecule has 0 fully saturated rings. The summed E-state index contributed by atoms with van der Waals surface area (Å²) in [7, 11) is 0. The number of carboxylic acid groups (broad SMARTS) is 1. The number of fused-ring (bicyclic) bond motifs is 3. The molecule has 0 bridgehead atoms. The van der Waals surface area contributed by atoms with Crippen molar-refractivity contribution in [3.8, 4) is 11.1 Å². The summed E-state index contributed by atoms with van der Waals surface area (Å²) in [5.74, 6) is 1.71. The summed E-state index contributed by atoms with van der Waals surface area (Å²) in [5.41, 5.74) is 4.57. The van der Waals surface area contributed by atoms with Crippen molar-refractivity contribution in [2.75, 3.05) is 30.1 Å². The van der Waals surface area contributed by atoms with Crippen molar-refractivity contribution in [3.63, 3.8) is 0 Å². The fourth-order valence-electron chi connectivity index (χ4n) is 3.65. The molecule has 7 heteroatoms. The van der Waals surface area contributed by atoms with Crippen molar-refractivity contribution in [1.29, 1.82) is 0 Å². The highest BCUT2D eigenvalue weighted by molar-refractivity contribution is 7.99. The fraction of sp³-hybridized carbons (Fsp3) is 0.391. The van der Waals surface area contributed by atoms with Crippen molar-refractivity contribution in [3.05, 3.63) is 59.7 Å². The first-order valence-corrected chi connectivity index (χ1v) is 12.6. The van der Waals surface area contributed by atoms with Gasteiger partial charge in [-0.15, -0.1) is 0 Å². The molecule has 2 aromatic rings. The maximum Gasteiger partial charge on any atom is 0.407 e. The van der Waals surface area contributed by atoms with E-state index in [0.29, 0.717) is 12.2 Å². The van der Waals surface area contributed by atoms with Crippen LogP contribution >= 0.6 is 23.5 Å². The normalized spacial score (nSPS) is 13.4. The third kappa shape index (κ3) is 5.73. The smallest absolute Gasteiger partial charge is 0.407 e. The van der Waals surface area contributed by atoms with Crippen LogP contribution in [0, 0.1) is 0 Å². The third-order valence-corrected chi connectivity index (χ3v) is 6.92. The Kier molecular flexibility index (Phi) is 8.51. The molecule has 1 unspecified atom stereocenters. The molecule has 5 nitrogen and oxygen atoms in total. The third-order valence-electron chi connectivity index (χ3n) is 5.12. The number of carboxylic acids is 1. The van der Waals surface area contributed by atoms with Gasteiger partial charge in [0, 0.05) is 5.92 Å². The van der Waals surface area contributed by atoms with E-state index < -0.39 is 18.1 Å². The largest absolute Gasteiger partial charge is 0.480 e. The molecule has 3 rings (SSSR count). The van der Waals surface area contributed by atoms with Crippen LogP contribution in [-0.4, -0.2) is 53.3 Å². The number of aliphatic carboxylic acids is 1. The van der Waals surface area contributed by atoms with E-state index in [2.05, 4.69) is 35.8 Å². The maximum absolute atomic E-state index is 12.3. The van der Waals surface area contributed by atoms with Gasteiger partial charge in [0.2, 0.25) is 0 Å². The molecule has 0 aromatic heterocycles. The number of ether oxygens (including phenoxy) is 1. The zero-order chi connectivity index (χ0) is 21.3. The minimum Gasteiger partial charge on any atom is -0.480 e. The maximum atomic E-state index is 12.3. The SMILES string of the molecule is CSCCCSCCC(NC(=O)OCC1c2ccccc2-c2ccccc21)C(=O)O. The van der Waals surface area contributed by atoms with Crippen LogP contribution in [0.4, 0.5) is 4.79 Å². The molecule has 1 atom stereocenters. The van der Waals surface area contributed by atoms with Crippen molar-refractivity contribution in [1.82, 2.24) is 5.32 Å². The van der Waals surface area contributed by atoms with E-state index in [-0.39, 0.29) is 12.5 Å². The van der Waals surface area contributed by atoms with Gasteiger partial charge in [0.05, 0.1) is 0 Å². The average molecular weight is 446 g/mol. The monoisotopic (exact) mass is 445 g/mol. The molecule has 0 aliphatic heterocycles. The van der Waals surface area contributed by atoms with Crippen LogP contribution < -0.4 is 5.32 Å². The summed E-state index contributed by atoms with van der Waals surface area (Å²) in [4.78, 5) is 23.8. The summed E-state index contributed by atoms with van der Waals surface area (Å²) in [6, 6.07) is 15.3. The summed E-state index contributed by atoms with van der Waals surface area (Å²) in [5, 5.41) is 11.9. The number of thioether (sulfide) groups is 2. The van der Waals surface area contributed by atoms with Crippen LogP contribution in [0.3, 0.4) is 0 Å². The number of rotatable bonds is 11. The van der Waals surface area contributed by atoms with E-state index in [1.165, 1.54) is 0 Å². The number of carbonyl (C=O) groups excluding carboxylic acids is 1. The standard InChI is InChI=1S/C23H27NO4S2/c1-29-12-6-13-30-14-11-21(22(25)26)24-23(27)28-15-20-18-9-4-2-7-16(18)17-8-3-5-10-19(17)20/h2-5,7-10,20-21H,6,11-15H2,1H3,(H,24,27)(H,25,26). The lowest BCUT2D eigenvalue weighted by Crippen LogP contribution is -2.41. The van der Waals surface area contributed by atoms with Crippen molar-refractivity contribution >= 4 is 35.6 Å². The molecular weight excluding hydrogens is 418 g/mol. The molecule has 160 valence electrons. The summed E-state index contributed by atoms with van der Waals surface area (Å²) < 4.78 is 5.46. The van der Waals surface area contributed by atoms with Crippen LogP contribution in [0.1, 0.15) is 29.9 Å². The number of hydrogen-bond donors (Lipinski definition) is 2. The lowest BCUT2D eigenvalue weighted by atomic mass is 9.98. The van der Waals surface area contributed by atoms with E-state index in [4.69, 9.17) is 4.74 Å². The first kappa shape index (κ1) is 22.6. The molecule has 0 spiro atoms. The molecule has 0 saturated carbocycles. The Morgan fingerprint density at radius 2 is 1.67 bits per heavy atom. The second-order valence-corrected chi connectivity index (χ2v) is 9.32. The molecule has 0 heterocycles. The van der Waals surface area contributed by atoms with Crippen LogP contribution in [0.5, 0.6) is 0 Å². The Hall–Kier alpha value is -2.12. The van der Waals surface area contributed by atoms with Crippen LogP contribution in [0.15, 0.2) is 48.5 Å². The highest BCUT2D eigenvalue weighted by atomic mass is 32.2. The Balaban J connectivity index is 1.53. The number of alkyl carbamates (subject to hydrolysis) is 1. The Labute approximate surface area is 186 Å². The number of amides is 1. The van der Waals surface area contributed by atoms with E-state index in [1.807, 2.05) is 24.3 Å². The van der Waals surface area contributed by atoms with Crippen LogP contribution in [0.2, 0.25) is 0 Å². The van der Waals surface area contributed by atoms with Gasteiger partial charge in [0.1, 0.15) is 12.6 Å². The van der Waals surface area contributed by atoms with Crippen molar-refractivity contribution < 1.29 is 19.4 Å². The quantitative estimate of drug-likeness (QED) is 0.481. The summed E-state index contributed by atoms with van der Waals surface area (Å²) in [6.07, 6.45) is 2.87. The van der Waals surface area contributed by atoms with Gasteiger partial charge in [-0.05, 0) is 58.6 Å². The second kappa shape index (κ2) is 11.3. The average Bonchev–Trinajstić information content (AvgIpc) is 3.07. The molecule has 1 aliphatic rings. The van der Waals surface area contributed by atoms with E-state index in [9.17, 15) is 14.7 Å². The van der Waals surface area contributed by atoms with Gasteiger partial charge in [0.15, 0.2) is 0 Å². The van der Waals surface area contributed by atoms with Gasteiger partial charge in [-0.2, -0.15) is 23.5 Å². The highest BCUT2D eigenvalue weighted by Gasteiger charge is 2.29. The zero-order valence-electron chi connectivity index (χ0n) is 17.0. The van der Waals surface area contributed by atoms with Gasteiger partial charge < -0.3 is 15.2 Å². The van der Waals surface area contributed by atoms with Gasteiger partial charge >= 0.3 is 12.1 Å². The number of hydrogen-bond acceptors (Lipinski definition) is 5. The zero-order valence-corrected chi connectivity index (χ0v) is 18.6. The first-order valence-electron chi connectivity index (χ1n) is 10.0. The van der Waals surface area contributed by atoms with Gasteiger partial charge in [-0.3, -0.25) is 0 Å². The highest BCUT2D eigenvalue weighted by Crippen LogP contribution is 2.44. The molecule has 30 heavy (non-hydrogen) atoms. The molecule has 1 aliphatic carbocycles. The molecule has 0 radical (unpaired) electrons.